The van der Waals surface area contributed by atoms with E-state index in [9.17, 15) is 9.59 Å². The molecule has 0 aliphatic carbocycles. The number of aryl methyl sites for hydroxylation is 1. The third-order valence-corrected chi connectivity index (χ3v) is 8.87. The number of aromatic nitrogens is 2. The molecule has 2 N–H and O–H groups in total. The minimum absolute atomic E-state index is 0.0523. The van der Waals surface area contributed by atoms with E-state index in [2.05, 4.69) is 42.5 Å². The number of aliphatic hydroxyl groups is 1. The van der Waals surface area contributed by atoms with Crippen LogP contribution in [-0.2, 0) is 20.4 Å². The normalized spacial score (nSPS) is 20.4. The van der Waals surface area contributed by atoms with Crippen LogP contribution in [0.15, 0.2) is 52.2 Å². The quantitative estimate of drug-likeness (QED) is 0.293. The Morgan fingerprint density at radius 1 is 1.25 bits per heavy atom. The van der Waals surface area contributed by atoms with Crippen LogP contribution in [0.25, 0.3) is 10.8 Å². The van der Waals surface area contributed by atoms with Crippen molar-refractivity contribution in [2.24, 2.45) is 0 Å². The van der Waals surface area contributed by atoms with Crippen LogP contribution in [0.3, 0.4) is 0 Å². The van der Waals surface area contributed by atoms with Crippen LogP contribution >= 0.6 is 8.53 Å². The molecule has 3 aromatic rings. The van der Waals surface area contributed by atoms with Crippen molar-refractivity contribution in [1.29, 1.82) is 1.43 Å². The third kappa shape index (κ3) is 6.82. The number of rotatable bonds is 12. The fraction of sp³-hybridized carbons (Fsp3) is 0.517. The fourth-order valence-electron chi connectivity index (χ4n) is 4.94. The number of aromatic amines is 1. The number of benzene rings is 2. The monoisotopic (exact) mass is 578 g/mol. The van der Waals surface area contributed by atoms with Gasteiger partial charge < -0.3 is 23.6 Å². The summed E-state index contributed by atoms with van der Waals surface area (Å²) in [5.41, 5.74) is 0.275. The summed E-state index contributed by atoms with van der Waals surface area (Å²) in [7, 11) is 1.30. The maximum Gasteiger partial charge on any atom is 0.330 e. The highest BCUT2D eigenvalue weighted by atomic mass is 31.2. The number of hydrogen-bond acceptors (Lipinski definition) is 8. The number of fused-ring (bicyclic) bond motifs is 1. The van der Waals surface area contributed by atoms with Crippen molar-refractivity contribution in [2.45, 2.75) is 85.6 Å². The van der Waals surface area contributed by atoms with Crippen molar-refractivity contribution < 1.29 is 25.0 Å². The number of nitrogens with one attached hydrogen (secondary N) is 1. The summed E-state index contributed by atoms with van der Waals surface area (Å²) in [6.07, 6.45) is -0.0552. The van der Waals surface area contributed by atoms with E-state index >= 15 is 0 Å². The molecular formula is C29H42N3O7P. The van der Waals surface area contributed by atoms with Crippen molar-refractivity contribution in [3.05, 3.63) is 74.6 Å². The Hall–Kier alpha value is -2.59. The average Bonchev–Trinajstić information content (AvgIpc) is 3.35. The number of methoxy groups -OCH3 is 1. The first kappa shape index (κ1) is 28.9. The van der Waals surface area contributed by atoms with E-state index in [-0.39, 0.29) is 25.3 Å². The van der Waals surface area contributed by atoms with Gasteiger partial charge in [-0.2, -0.15) is 0 Å². The van der Waals surface area contributed by atoms with Crippen LogP contribution in [0.5, 0.6) is 5.75 Å². The lowest BCUT2D eigenvalue weighted by molar-refractivity contribution is -0.0441. The van der Waals surface area contributed by atoms with Crippen molar-refractivity contribution in [2.75, 3.05) is 13.7 Å². The highest BCUT2D eigenvalue weighted by Crippen LogP contribution is 2.50. The lowest BCUT2D eigenvalue weighted by Crippen LogP contribution is -2.36. The van der Waals surface area contributed by atoms with Crippen LogP contribution in [0.4, 0.5) is 0 Å². The van der Waals surface area contributed by atoms with E-state index in [4.69, 9.17) is 21.3 Å². The zero-order chi connectivity index (χ0) is 31.0. The SMILES string of the molecule is [2H]OC[C@H]1O[C@@H](n2cc(C)c(=O)[nH]c2=O)CC1OP(OCc1ccc2ccccc2c1OC)N(C(C)C)C(C)C.[3H]C. The molecule has 0 bridgehead atoms. The fourth-order valence-corrected chi connectivity index (χ4v) is 6.70. The van der Waals surface area contributed by atoms with Crippen LogP contribution in [-0.4, -0.2) is 58.8 Å². The van der Waals surface area contributed by atoms with E-state index in [0.717, 1.165) is 22.1 Å². The predicted octanol–water partition coefficient (Wildman–Crippen LogP) is 4.87. The predicted molar refractivity (Wildman–Crippen MR) is 158 cm³/mol. The van der Waals surface area contributed by atoms with E-state index in [0.29, 0.717) is 12.0 Å². The van der Waals surface area contributed by atoms with E-state index in [1.54, 1.807) is 14.0 Å². The summed E-state index contributed by atoms with van der Waals surface area (Å²) in [6.45, 7) is 10.2. The summed E-state index contributed by atoms with van der Waals surface area (Å²) in [6, 6.07) is 12.3. The Morgan fingerprint density at radius 2 is 1.98 bits per heavy atom. The third-order valence-electron chi connectivity index (χ3n) is 6.77. The van der Waals surface area contributed by atoms with Gasteiger partial charge in [-0.05, 0) is 40.0 Å². The Kier molecular flexibility index (Phi) is 10.0. The van der Waals surface area contributed by atoms with Gasteiger partial charge >= 0.3 is 5.69 Å². The molecule has 1 saturated heterocycles. The van der Waals surface area contributed by atoms with Gasteiger partial charge in [0, 0.05) is 42.6 Å². The lowest BCUT2D eigenvalue weighted by atomic mass is 10.1. The van der Waals surface area contributed by atoms with Gasteiger partial charge in [-0.25, -0.2) is 9.46 Å². The number of nitrogens with zero attached hydrogens (tertiary/aromatic N) is 2. The number of hydrogen-bond donors (Lipinski definition) is 2. The molecule has 11 heteroatoms. The molecule has 2 aromatic carbocycles. The molecular weight excluding hydrogens is 533 g/mol. The standard InChI is InChI=1S/C28H38N3O7P.CH4/c1-17(2)31(18(3)4)39(36-16-21-12-11-20-9-7-8-10-22(20)26(21)35-6)38-23-13-25(37-24(23)15-32)30-14-19(5)27(33)29-28(30)34;/h7-12,14,17-18,23-25,32H,13,15-16H2,1-6H3,(H,29,33,34);1H4/t23?,24-,25-,39?;/m1./s1/i32D;1T. The maximum atomic E-state index is 12.6. The molecule has 40 heavy (non-hydrogen) atoms. The molecule has 1 aliphatic heterocycles. The van der Waals surface area contributed by atoms with E-state index in [1.165, 1.54) is 18.2 Å². The number of ether oxygens (including phenoxy) is 2. The van der Waals surface area contributed by atoms with Crippen LogP contribution in [0.1, 0.15) is 60.2 Å². The smallest absolute Gasteiger partial charge is 0.330 e. The maximum absolute atomic E-state index is 12.6. The molecule has 1 aromatic heterocycles. The van der Waals surface area contributed by atoms with Crippen molar-refractivity contribution >= 4 is 19.3 Å². The summed E-state index contributed by atoms with van der Waals surface area (Å²) in [4.78, 5) is 26.8. The largest absolute Gasteiger partial charge is 0.496 e. The molecule has 0 saturated carbocycles. The van der Waals surface area contributed by atoms with Crippen LogP contribution in [0.2, 0.25) is 0 Å². The van der Waals surface area contributed by atoms with Gasteiger partial charge in [-0.15, -0.1) is 0 Å². The lowest BCUT2D eigenvalue weighted by Gasteiger charge is -2.37. The minimum Gasteiger partial charge on any atom is -0.496 e. The van der Waals surface area contributed by atoms with E-state index in [1.807, 2.05) is 36.4 Å². The molecule has 10 nitrogen and oxygen atoms in total. The first-order valence-corrected chi connectivity index (χ1v) is 14.3. The van der Waals surface area contributed by atoms with Gasteiger partial charge in [0.15, 0.2) is 0 Å². The Morgan fingerprint density at radius 3 is 2.65 bits per heavy atom. The van der Waals surface area contributed by atoms with Gasteiger partial charge in [-0.3, -0.25) is 14.3 Å². The second-order valence-corrected chi connectivity index (χ2v) is 11.6. The van der Waals surface area contributed by atoms with Gasteiger partial charge in [-0.1, -0.05) is 43.8 Å². The second-order valence-electron chi connectivity index (χ2n) is 10.2. The molecule has 2 heterocycles. The topological polar surface area (TPSA) is 115 Å². The summed E-state index contributed by atoms with van der Waals surface area (Å²) < 4.78 is 41.7. The van der Waals surface area contributed by atoms with E-state index < -0.39 is 38.2 Å². The minimum atomic E-state index is -1.61. The molecule has 4 rings (SSSR count). The molecule has 4 atom stereocenters. The first-order chi connectivity index (χ1) is 20.1. The zero-order valence-corrected chi connectivity index (χ0v) is 25.1. The van der Waals surface area contributed by atoms with Crippen molar-refractivity contribution in [3.63, 3.8) is 0 Å². The number of H-pyrrole nitrogens is 1. The number of aliphatic hydroxyl groups excluding tert-OH is 1. The average molecular weight is 579 g/mol. The van der Waals surface area contributed by atoms with Gasteiger partial charge in [0.2, 0.25) is 1.43 Å². The van der Waals surface area contributed by atoms with Crippen LogP contribution < -0.4 is 16.0 Å². The molecule has 0 radical (unpaired) electrons. The zero-order valence-electron chi connectivity index (χ0n) is 26.2. The molecule has 1 aliphatic rings. The molecule has 220 valence electrons. The van der Waals surface area contributed by atoms with Gasteiger partial charge in [0.05, 0.1) is 26.4 Å². The van der Waals surface area contributed by atoms with Crippen molar-refractivity contribution in [3.8, 4) is 5.75 Å². The van der Waals surface area contributed by atoms with Crippen molar-refractivity contribution in [1.82, 2.24) is 14.2 Å². The Labute approximate surface area is 239 Å². The Bertz CT molecular complexity index is 1410. The first-order valence-electron chi connectivity index (χ1n) is 14.5. The van der Waals surface area contributed by atoms with Gasteiger partial charge in [0.25, 0.3) is 14.1 Å². The molecule has 0 amide bonds. The van der Waals surface area contributed by atoms with Crippen LogP contribution in [0, 0.1) is 6.92 Å². The molecule has 0 spiro atoms. The molecule has 1 fully saturated rings. The second kappa shape index (κ2) is 13.9. The highest BCUT2D eigenvalue weighted by molar-refractivity contribution is 7.44. The molecule has 2 unspecified atom stereocenters. The Balaban J connectivity index is 0.00000237. The van der Waals surface area contributed by atoms with Gasteiger partial charge in [0.1, 0.15) is 18.1 Å². The summed E-state index contributed by atoms with van der Waals surface area (Å²) in [5, 5.41) is 6.77. The summed E-state index contributed by atoms with van der Waals surface area (Å²) in [5.74, 6) is 0.756. The summed E-state index contributed by atoms with van der Waals surface area (Å²) >= 11 is 0. The highest BCUT2D eigenvalue weighted by Gasteiger charge is 2.41.